The highest BCUT2D eigenvalue weighted by molar-refractivity contribution is 7.89. The summed E-state index contributed by atoms with van der Waals surface area (Å²) in [5.41, 5.74) is 0. The van der Waals surface area contributed by atoms with Gasteiger partial charge in [-0.2, -0.15) is 5.10 Å². The molecule has 1 atom stereocenters. The average Bonchev–Trinajstić information content (AvgIpc) is 3.04. The number of hydrogen-bond acceptors (Lipinski definition) is 6. The van der Waals surface area contributed by atoms with Gasteiger partial charge < -0.3 is 9.47 Å². The molecule has 0 amide bonds. The van der Waals surface area contributed by atoms with Gasteiger partial charge in [0.2, 0.25) is 10.0 Å². The fourth-order valence-corrected chi connectivity index (χ4v) is 4.30. The van der Waals surface area contributed by atoms with Crippen LogP contribution in [-0.4, -0.2) is 36.4 Å². The van der Waals surface area contributed by atoms with Gasteiger partial charge in [0.25, 0.3) is 0 Å². The van der Waals surface area contributed by atoms with Crippen molar-refractivity contribution >= 4 is 10.0 Å². The summed E-state index contributed by atoms with van der Waals surface area (Å²) in [6.07, 6.45) is 2.98. The van der Waals surface area contributed by atoms with E-state index < -0.39 is 16.1 Å². The second kappa shape index (κ2) is 5.50. The topological polar surface area (TPSA) is 95.3 Å². The van der Waals surface area contributed by atoms with Gasteiger partial charge in [-0.05, 0) is 25.0 Å². The Bertz CT molecular complexity index is 833. The van der Waals surface area contributed by atoms with Gasteiger partial charge in [-0.3, -0.25) is 0 Å². The zero-order valence-corrected chi connectivity index (χ0v) is 13.1. The Labute approximate surface area is 133 Å². The zero-order valence-electron chi connectivity index (χ0n) is 12.3. The first-order chi connectivity index (χ1) is 11.1. The van der Waals surface area contributed by atoms with Crippen LogP contribution < -0.4 is 14.2 Å². The summed E-state index contributed by atoms with van der Waals surface area (Å²) in [5.74, 6) is 1.36. The molecule has 1 aromatic heterocycles. The van der Waals surface area contributed by atoms with Crippen LogP contribution >= 0.6 is 0 Å². The Kier molecular flexibility index (Phi) is 3.46. The SMILES string of the molecule is O=S(=O)(N[C@@H]1CCCn2ncnc21)c1cccc2c1OCCO2. The number of nitrogens with zero attached hydrogens (tertiary/aromatic N) is 3. The maximum atomic E-state index is 12.8. The van der Waals surface area contributed by atoms with Crippen LogP contribution in [0.1, 0.15) is 24.7 Å². The summed E-state index contributed by atoms with van der Waals surface area (Å²) in [4.78, 5) is 4.26. The van der Waals surface area contributed by atoms with Gasteiger partial charge in [-0.15, -0.1) is 0 Å². The van der Waals surface area contributed by atoms with Crippen molar-refractivity contribution in [2.24, 2.45) is 0 Å². The lowest BCUT2D eigenvalue weighted by Crippen LogP contribution is -2.34. The largest absolute Gasteiger partial charge is 0.486 e. The highest BCUT2D eigenvalue weighted by atomic mass is 32.2. The summed E-state index contributed by atoms with van der Waals surface area (Å²) in [6, 6.07) is 4.47. The second-order valence-corrected chi connectivity index (χ2v) is 7.12. The zero-order chi connectivity index (χ0) is 15.9. The Hall–Kier alpha value is -2.13. The molecule has 0 radical (unpaired) electrons. The molecule has 1 N–H and O–H groups in total. The molecule has 0 fully saturated rings. The van der Waals surface area contributed by atoms with E-state index in [4.69, 9.17) is 9.47 Å². The van der Waals surface area contributed by atoms with Gasteiger partial charge >= 0.3 is 0 Å². The van der Waals surface area contributed by atoms with Crippen molar-refractivity contribution in [3.8, 4) is 11.5 Å². The van der Waals surface area contributed by atoms with Gasteiger partial charge in [-0.1, -0.05) is 6.07 Å². The molecule has 23 heavy (non-hydrogen) atoms. The van der Waals surface area contributed by atoms with E-state index in [0.717, 1.165) is 13.0 Å². The molecule has 1 aromatic carbocycles. The first-order valence-corrected chi connectivity index (χ1v) is 8.92. The quantitative estimate of drug-likeness (QED) is 0.893. The molecule has 9 heteroatoms. The number of rotatable bonds is 3. The van der Waals surface area contributed by atoms with E-state index in [1.807, 2.05) is 0 Å². The van der Waals surface area contributed by atoms with E-state index in [-0.39, 0.29) is 10.6 Å². The summed E-state index contributed by atoms with van der Waals surface area (Å²) in [6.45, 7) is 1.50. The molecule has 8 nitrogen and oxygen atoms in total. The third-order valence-corrected chi connectivity index (χ3v) is 5.43. The number of fused-ring (bicyclic) bond motifs is 2. The number of benzene rings is 1. The Morgan fingerprint density at radius 2 is 2.13 bits per heavy atom. The van der Waals surface area contributed by atoms with Crippen molar-refractivity contribution in [1.82, 2.24) is 19.5 Å². The van der Waals surface area contributed by atoms with Crippen molar-refractivity contribution in [3.63, 3.8) is 0 Å². The highest BCUT2D eigenvalue weighted by Gasteiger charge is 2.31. The lowest BCUT2D eigenvalue weighted by Gasteiger charge is -2.25. The minimum absolute atomic E-state index is 0.0892. The molecule has 0 saturated carbocycles. The summed E-state index contributed by atoms with van der Waals surface area (Å²) in [7, 11) is -3.76. The molecule has 4 rings (SSSR count). The second-order valence-electron chi connectivity index (χ2n) is 5.44. The number of sulfonamides is 1. The van der Waals surface area contributed by atoms with Crippen molar-refractivity contribution in [1.29, 1.82) is 0 Å². The Balaban J connectivity index is 1.68. The number of ether oxygens (including phenoxy) is 2. The normalized spacial score (nSPS) is 20.1. The van der Waals surface area contributed by atoms with Crippen LogP contribution in [0.15, 0.2) is 29.4 Å². The first kappa shape index (κ1) is 14.5. The fourth-order valence-electron chi connectivity index (χ4n) is 2.91. The number of nitrogens with one attached hydrogen (secondary N) is 1. The Morgan fingerprint density at radius 1 is 1.26 bits per heavy atom. The summed E-state index contributed by atoms with van der Waals surface area (Å²) >= 11 is 0. The molecule has 3 heterocycles. The number of aromatic nitrogens is 3. The smallest absolute Gasteiger partial charge is 0.245 e. The number of hydrogen-bond donors (Lipinski definition) is 1. The first-order valence-electron chi connectivity index (χ1n) is 7.44. The molecular formula is C14H16N4O4S. The average molecular weight is 336 g/mol. The standard InChI is InChI=1S/C14H16N4O4S/c19-23(20,12-5-1-4-11-13(12)22-8-7-21-11)17-10-3-2-6-18-14(10)15-9-16-18/h1,4-5,9-10,17H,2-3,6-8H2/t10-/m1/s1. The molecule has 0 spiro atoms. The van der Waals surface area contributed by atoms with Gasteiger partial charge in [0.1, 0.15) is 30.3 Å². The monoisotopic (exact) mass is 336 g/mol. The molecule has 122 valence electrons. The van der Waals surface area contributed by atoms with Gasteiger partial charge in [0, 0.05) is 6.54 Å². The van der Waals surface area contributed by atoms with Gasteiger partial charge in [-0.25, -0.2) is 22.8 Å². The molecular weight excluding hydrogens is 320 g/mol. The van der Waals surface area contributed by atoms with E-state index in [1.165, 1.54) is 12.4 Å². The predicted octanol–water partition coefficient (Wildman–Crippen LogP) is 0.863. The third-order valence-electron chi connectivity index (χ3n) is 3.94. The van der Waals surface area contributed by atoms with Crippen LogP contribution in [0.5, 0.6) is 11.5 Å². The predicted molar refractivity (Wildman–Crippen MR) is 79.8 cm³/mol. The molecule has 2 aromatic rings. The van der Waals surface area contributed by atoms with E-state index in [9.17, 15) is 8.42 Å². The fraction of sp³-hybridized carbons (Fsp3) is 0.429. The van der Waals surface area contributed by atoms with E-state index >= 15 is 0 Å². The van der Waals surface area contributed by atoms with Gasteiger partial charge in [0.05, 0.1) is 6.04 Å². The lowest BCUT2D eigenvalue weighted by molar-refractivity contribution is 0.167. The lowest BCUT2D eigenvalue weighted by atomic mass is 10.1. The van der Waals surface area contributed by atoms with Crippen LogP contribution in [0.3, 0.4) is 0 Å². The molecule has 0 bridgehead atoms. The van der Waals surface area contributed by atoms with E-state index in [0.29, 0.717) is 31.2 Å². The minimum Gasteiger partial charge on any atom is -0.486 e. The van der Waals surface area contributed by atoms with E-state index in [2.05, 4.69) is 14.8 Å². The van der Waals surface area contributed by atoms with Crippen molar-refractivity contribution in [2.45, 2.75) is 30.3 Å². The van der Waals surface area contributed by atoms with E-state index in [1.54, 1.807) is 16.8 Å². The summed E-state index contributed by atoms with van der Waals surface area (Å²) < 4.78 is 41.0. The third kappa shape index (κ3) is 2.55. The maximum absolute atomic E-state index is 12.8. The molecule has 0 aliphatic carbocycles. The molecule has 2 aliphatic heterocycles. The van der Waals surface area contributed by atoms with Crippen LogP contribution in [0.2, 0.25) is 0 Å². The van der Waals surface area contributed by atoms with Crippen molar-refractivity contribution in [2.75, 3.05) is 13.2 Å². The van der Waals surface area contributed by atoms with Crippen LogP contribution in [0.4, 0.5) is 0 Å². The molecule has 2 aliphatic rings. The molecule has 0 saturated heterocycles. The summed E-state index contributed by atoms with van der Waals surface area (Å²) in [5, 5.41) is 4.11. The van der Waals surface area contributed by atoms with Crippen LogP contribution in [-0.2, 0) is 16.6 Å². The maximum Gasteiger partial charge on any atom is 0.245 e. The van der Waals surface area contributed by atoms with Crippen molar-refractivity contribution < 1.29 is 17.9 Å². The molecule has 0 unspecified atom stereocenters. The van der Waals surface area contributed by atoms with Gasteiger partial charge in [0.15, 0.2) is 11.5 Å². The van der Waals surface area contributed by atoms with Crippen molar-refractivity contribution in [3.05, 3.63) is 30.4 Å². The minimum atomic E-state index is -3.76. The Morgan fingerprint density at radius 3 is 3.04 bits per heavy atom. The number of aryl methyl sites for hydroxylation is 1. The highest BCUT2D eigenvalue weighted by Crippen LogP contribution is 2.37. The number of para-hydroxylation sites is 1. The van der Waals surface area contributed by atoms with Crippen LogP contribution in [0, 0.1) is 0 Å². The van der Waals surface area contributed by atoms with Crippen LogP contribution in [0.25, 0.3) is 0 Å².